The van der Waals surface area contributed by atoms with Crippen LogP contribution < -0.4 is 9.64 Å². The highest BCUT2D eigenvalue weighted by atomic mass is 16.5. The molecule has 1 aromatic carbocycles. The van der Waals surface area contributed by atoms with E-state index in [0.29, 0.717) is 11.6 Å². The number of ether oxygens (including phenoxy) is 1. The molecule has 1 fully saturated rings. The van der Waals surface area contributed by atoms with Gasteiger partial charge >= 0.3 is 0 Å². The normalized spacial score (nSPS) is 19.3. The zero-order chi connectivity index (χ0) is 13.1. The molecule has 0 amide bonds. The van der Waals surface area contributed by atoms with Crippen LogP contribution in [0.1, 0.15) is 16.8 Å². The van der Waals surface area contributed by atoms with E-state index in [1.165, 1.54) is 0 Å². The van der Waals surface area contributed by atoms with Crippen LogP contribution >= 0.6 is 0 Å². The van der Waals surface area contributed by atoms with Crippen LogP contribution in [-0.4, -0.2) is 51.5 Å². The Morgan fingerprint density at radius 2 is 2.22 bits per heavy atom. The maximum absolute atomic E-state index is 11.2. The number of carbonyl (C=O) groups excluding carboxylic acids is 1. The molecule has 1 saturated heterocycles. The number of hydrogen-bond acceptors (Lipinski definition) is 4. The van der Waals surface area contributed by atoms with Crippen molar-refractivity contribution in [2.24, 2.45) is 0 Å². The molecule has 0 bridgehead atoms. The quantitative estimate of drug-likeness (QED) is 0.759. The Balaban J connectivity index is 2.30. The summed E-state index contributed by atoms with van der Waals surface area (Å²) in [6, 6.07) is 6.14. The molecular formula is C14H20N2O2. The van der Waals surface area contributed by atoms with E-state index < -0.39 is 0 Å². The highest BCUT2D eigenvalue weighted by Gasteiger charge is 2.27. The molecule has 0 N–H and O–H groups in total. The van der Waals surface area contributed by atoms with E-state index in [2.05, 4.69) is 23.9 Å². The van der Waals surface area contributed by atoms with Crippen molar-refractivity contribution in [2.45, 2.75) is 12.5 Å². The van der Waals surface area contributed by atoms with Gasteiger partial charge in [-0.05, 0) is 32.6 Å². The lowest BCUT2D eigenvalue weighted by atomic mass is 10.1. The summed E-state index contributed by atoms with van der Waals surface area (Å²) in [6.45, 7) is 1.90. The van der Waals surface area contributed by atoms with Crippen LogP contribution in [0.15, 0.2) is 18.2 Å². The van der Waals surface area contributed by atoms with Gasteiger partial charge in [0.05, 0.1) is 12.8 Å². The van der Waals surface area contributed by atoms with Crippen LogP contribution in [0.5, 0.6) is 5.75 Å². The van der Waals surface area contributed by atoms with Crippen molar-refractivity contribution in [3.8, 4) is 5.75 Å². The summed E-state index contributed by atoms with van der Waals surface area (Å²) in [5, 5.41) is 0. The summed E-state index contributed by atoms with van der Waals surface area (Å²) >= 11 is 0. The van der Waals surface area contributed by atoms with Gasteiger partial charge in [0.1, 0.15) is 5.75 Å². The predicted molar refractivity (Wildman–Crippen MR) is 72.7 cm³/mol. The number of methoxy groups -OCH3 is 1. The third kappa shape index (κ3) is 2.34. The fourth-order valence-corrected chi connectivity index (χ4v) is 2.50. The Hall–Kier alpha value is -1.55. The smallest absolute Gasteiger partial charge is 0.152 e. The minimum Gasteiger partial charge on any atom is -0.495 e. The van der Waals surface area contributed by atoms with Crippen molar-refractivity contribution < 1.29 is 9.53 Å². The third-order valence-electron chi connectivity index (χ3n) is 3.59. The van der Waals surface area contributed by atoms with E-state index in [1.807, 2.05) is 18.2 Å². The number of aldehydes is 1. The van der Waals surface area contributed by atoms with Gasteiger partial charge < -0.3 is 14.5 Å². The standard InChI is InChI=1S/C14H20N2O2/c1-15(2)12-7-8-16(9-12)14-11(10-17)5-4-6-13(14)18-3/h4-6,10,12H,7-9H2,1-3H3/t12-/m0/s1. The van der Waals surface area contributed by atoms with E-state index in [4.69, 9.17) is 4.74 Å². The maximum Gasteiger partial charge on any atom is 0.152 e. The van der Waals surface area contributed by atoms with Crippen LogP contribution in [-0.2, 0) is 0 Å². The largest absolute Gasteiger partial charge is 0.495 e. The zero-order valence-electron chi connectivity index (χ0n) is 11.2. The summed E-state index contributed by atoms with van der Waals surface area (Å²) in [6.07, 6.45) is 2.02. The summed E-state index contributed by atoms with van der Waals surface area (Å²) in [7, 11) is 5.83. The first-order chi connectivity index (χ1) is 8.67. The Labute approximate surface area is 108 Å². The summed E-state index contributed by atoms with van der Waals surface area (Å²) < 4.78 is 5.38. The predicted octanol–water partition coefficient (Wildman–Crippen LogP) is 1.65. The van der Waals surface area contributed by atoms with Crippen LogP contribution in [0.4, 0.5) is 5.69 Å². The first-order valence-corrected chi connectivity index (χ1v) is 6.21. The number of rotatable bonds is 4. The van der Waals surface area contributed by atoms with Crippen molar-refractivity contribution in [3.63, 3.8) is 0 Å². The SMILES string of the molecule is COc1cccc(C=O)c1N1CC[C@H](N(C)C)C1. The molecule has 0 unspecified atom stereocenters. The molecule has 98 valence electrons. The van der Waals surface area contributed by atoms with Crippen molar-refractivity contribution >= 4 is 12.0 Å². The average molecular weight is 248 g/mol. The molecule has 0 aliphatic carbocycles. The molecule has 0 radical (unpaired) electrons. The number of para-hydroxylation sites is 1. The molecule has 0 spiro atoms. The second kappa shape index (κ2) is 5.40. The first-order valence-electron chi connectivity index (χ1n) is 6.21. The minimum atomic E-state index is 0.536. The van der Waals surface area contributed by atoms with Gasteiger partial charge in [-0.1, -0.05) is 6.07 Å². The second-order valence-electron chi connectivity index (χ2n) is 4.87. The van der Waals surface area contributed by atoms with E-state index >= 15 is 0 Å². The molecular weight excluding hydrogens is 228 g/mol. The molecule has 1 aliphatic rings. The molecule has 1 aliphatic heterocycles. The minimum absolute atomic E-state index is 0.536. The van der Waals surface area contributed by atoms with Crippen molar-refractivity contribution in [1.29, 1.82) is 0 Å². The topological polar surface area (TPSA) is 32.8 Å². The van der Waals surface area contributed by atoms with Crippen molar-refractivity contribution in [1.82, 2.24) is 4.90 Å². The molecule has 1 atom stereocenters. The molecule has 0 aromatic heterocycles. The van der Waals surface area contributed by atoms with Crippen LogP contribution in [0.3, 0.4) is 0 Å². The van der Waals surface area contributed by atoms with Gasteiger partial charge in [-0.2, -0.15) is 0 Å². The molecule has 4 nitrogen and oxygen atoms in total. The van der Waals surface area contributed by atoms with Gasteiger partial charge in [0.25, 0.3) is 0 Å². The monoisotopic (exact) mass is 248 g/mol. The lowest BCUT2D eigenvalue weighted by Gasteiger charge is -2.24. The number of likely N-dealkylation sites (N-methyl/N-ethyl adjacent to an activating group) is 1. The summed E-state index contributed by atoms with van der Waals surface area (Å²) in [5.41, 5.74) is 1.63. The molecule has 1 aromatic rings. The summed E-state index contributed by atoms with van der Waals surface area (Å²) in [4.78, 5) is 15.7. The van der Waals surface area contributed by atoms with Crippen molar-refractivity contribution in [3.05, 3.63) is 23.8 Å². The molecule has 18 heavy (non-hydrogen) atoms. The Kier molecular flexibility index (Phi) is 3.87. The van der Waals surface area contributed by atoms with E-state index in [9.17, 15) is 4.79 Å². The van der Waals surface area contributed by atoms with Gasteiger partial charge in [-0.15, -0.1) is 0 Å². The Morgan fingerprint density at radius 3 is 2.78 bits per heavy atom. The van der Waals surface area contributed by atoms with Crippen molar-refractivity contribution in [2.75, 3.05) is 39.2 Å². The fourth-order valence-electron chi connectivity index (χ4n) is 2.50. The van der Waals surface area contributed by atoms with Gasteiger partial charge in [0.2, 0.25) is 0 Å². The first kappa shape index (κ1) is 12.9. The molecule has 1 heterocycles. The lowest BCUT2D eigenvalue weighted by Crippen LogP contribution is -2.31. The third-order valence-corrected chi connectivity index (χ3v) is 3.59. The van der Waals surface area contributed by atoms with E-state index in [0.717, 1.165) is 37.2 Å². The van der Waals surface area contributed by atoms with Gasteiger partial charge in [-0.3, -0.25) is 4.79 Å². The Bertz CT molecular complexity index is 432. The fraction of sp³-hybridized carbons (Fsp3) is 0.500. The lowest BCUT2D eigenvalue weighted by molar-refractivity contribution is 0.112. The van der Waals surface area contributed by atoms with E-state index in [1.54, 1.807) is 7.11 Å². The molecule has 2 rings (SSSR count). The highest BCUT2D eigenvalue weighted by molar-refractivity contribution is 5.87. The maximum atomic E-state index is 11.2. The zero-order valence-corrected chi connectivity index (χ0v) is 11.2. The number of benzene rings is 1. The van der Waals surface area contributed by atoms with Gasteiger partial charge in [0, 0.05) is 24.7 Å². The van der Waals surface area contributed by atoms with Gasteiger partial charge in [-0.25, -0.2) is 0 Å². The number of anilines is 1. The van der Waals surface area contributed by atoms with Crippen LogP contribution in [0, 0.1) is 0 Å². The Morgan fingerprint density at radius 1 is 1.44 bits per heavy atom. The summed E-state index contributed by atoms with van der Waals surface area (Å²) in [5.74, 6) is 0.777. The van der Waals surface area contributed by atoms with Crippen LogP contribution in [0.25, 0.3) is 0 Å². The second-order valence-corrected chi connectivity index (χ2v) is 4.87. The van der Waals surface area contributed by atoms with Crippen LogP contribution in [0.2, 0.25) is 0 Å². The number of carbonyl (C=O) groups is 1. The van der Waals surface area contributed by atoms with E-state index in [-0.39, 0.29) is 0 Å². The molecule has 0 saturated carbocycles. The molecule has 4 heteroatoms. The number of hydrogen-bond donors (Lipinski definition) is 0. The van der Waals surface area contributed by atoms with Gasteiger partial charge in [0.15, 0.2) is 6.29 Å². The average Bonchev–Trinajstić information content (AvgIpc) is 2.87. The highest BCUT2D eigenvalue weighted by Crippen LogP contribution is 2.34. The number of nitrogens with zero attached hydrogens (tertiary/aromatic N) is 2.